The van der Waals surface area contributed by atoms with Crippen LogP contribution in [0.25, 0.3) is 0 Å². The molecule has 0 spiro atoms. The predicted octanol–water partition coefficient (Wildman–Crippen LogP) is 4.00. The van der Waals surface area contributed by atoms with E-state index in [0.717, 1.165) is 62.3 Å². The van der Waals surface area contributed by atoms with Crippen molar-refractivity contribution >= 4 is 36.4 Å². The summed E-state index contributed by atoms with van der Waals surface area (Å²) >= 11 is 6.20. The van der Waals surface area contributed by atoms with Gasteiger partial charge in [-0.2, -0.15) is 0 Å². The molecule has 24 heavy (non-hydrogen) atoms. The molecule has 0 bridgehead atoms. The summed E-state index contributed by atoms with van der Waals surface area (Å²) < 4.78 is 0. The Morgan fingerprint density at radius 2 is 1.96 bits per heavy atom. The molecule has 0 amide bonds. The van der Waals surface area contributed by atoms with Gasteiger partial charge in [-0.05, 0) is 43.5 Å². The molecule has 2 fully saturated rings. The normalized spacial score (nSPS) is 24.7. The van der Waals surface area contributed by atoms with Crippen LogP contribution in [0.3, 0.4) is 0 Å². The minimum absolute atomic E-state index is 0. The fourth-order valence-electron chi connectivity index (χ4n) is 4.11. The zero-order chi connectivity index (χ0) is 15.6. The Kier molecular flexibility index (Phi) is 8.81. The van der Waals surface area contributed by atoms with Gasteiger partial charge in [0, 0.05) is 30.1 Å². The van der Waals surface area contributed by atoms with E-state index in [1.54, 1.807) is 0 Å². The molecule has 0 aromatic heterocycles. The van der Waals surface area contributed by atoms with Gasteiger partial charge in [-0.25, -0.2) is 0 Å². The first-order chi connectivity index (χ1) is 10.6. The van der Waals surface area contributed by atoms with Crippen molar-refractivity contribution in [3.05, 3.63) is 34.9 Å². The molecule has 138 valence electrons. The van der Waals surface area contributed by atoms with Gasteiger partial charge in [0.05, 0.1) is 5.60 Å². The smallest absolute Gasteiger partial charge is 0.0728 e. The van der Waals surface area contributed by atoms with Crippen LogP contribution in [-0.4, -0.2) is 41.3 Å². The highest BCUT2D eigenvalue weighted by Crippen LogP contribution is 2.41. The lowest BCUT2D eigenvalue weighted by Gasteiger charge is -2.41. The van der Waals surface area contributed by atoms with Crippen molar-refractivity contribution in [1.82, 2.24) is 4.90 Å². The van der Waals surface area contributed by atoms with E-state index in [4.69, 9.17) is 17.3 Å². The molecule has 1 aromatic rings. The van der Waals surface area contributed by atoms with E-state index in [-0.39, 0.29) is 36.8 Å². The van der Waals surface area contributed by atoms with E-state index < -0.39 is 5.60 Å². The number of likely N-dealkylation sites (tertiary alicyclic amines) is 1. The van der Waals surface area contributed by atoms with Crippen molar-refractivity contribution in [2.24, 2.45) is 5.73 Å². The second-order valence-electron chi connectivity index (χ2n) is 7.08. The van der Waals surface area contributed by atoms with Gasteiger partial charge in [-0.3, -0.25) is 0 Å². The lowest BCUT2D eigenvalue weighted by atomic mass is 9.72. The third kappa shape index (κ3) is 5.23. The Balaban J connectivity index is 0.00000144. The topological polar surface area (TPSA) is 49.5 Å². The summed E-state index contributed by atoms with van der Waals surface area (Å²) in [7, 11) is 0. The summed E-state index contributed by atoms with van der Waals surface area (Å²) in [6.07, 6.45) is 6.31. The van der Waals surface area contributed by atoms with Crippen LogP contribution >= 0.6 is 36.4 Å². The standard InChI is InChI=1S/C18H27ClN2O.2ClH/c19-15-6-4-5-14(11-15)17(13-21-10-7-16(20)12-21)18(22)8-2-1-3-9-18;;/h4-6,11,16-17,22H,1-3,7-10,12-13,20H2;2*1H/t16-,17+;;/m0../s1. The molecule has 0 radical (unpaired) electrons. The summed E-state index contributed by atoms with van der Waals surface area (Å²) in [6, 6.07) is 8.31. The molecule has 0 unspecified atom stereocenters. The fourth-order valence-corrected chi connectivity index (χ4v) is 4.31. The Labute approximate surface area is 162 Å². The van der Waals surface area contributed by atoms with Crippen LogP contribution in [0.1, 0.15) is 50.0 Å². The maximum absolute atomic E-state index is 11.3. The monoisotopic (exact) mass is 394 g/mol. The number of rotatable bonds is 4. The lowest BCUT2D eigenvalue weighted by molar-refractivity contribution is -0.0294. The van der Waals surface area contributed by atoms with Crippen molar-refractivity contribution in [3.8, 4) is 0 Å². The van der Waals surface area contributed by atoms with Crippen LogP contribution in [0.2, 0.25) is 5.02 Å². The molecule has 1 heterocycles. The summed E-state index contributed by atoms with van der Waals surface area (Å²) in [5.41, 5.74) is 6.61. The molecule has 1 saturated heterocycles. The zero-order valence-corrected chi connectivity index (χ0v) is 16.4. The first kappa shape index (κ1) is 22.0. The Morgan fingerprint density at radius 3 is 2.54 bits per heavy atom. The average molecular weight is 396 g/mol. The molecule has 2 aliphatic rings. The van der Waals surface area contributed by atoms with Crippen LogP contribution < -0.4 is 5.73 Å². The Morgan fingerprint density at radius 1 is 1.25 bits per heavy atom. The highest BCUT2D eigenvalue weighted by atomic mass is 35.5. The molecule has 1 saturated carbocycles. The van der Waals surface area contributed by atoms with Crippen molar-refractivity contribution in [1.29, 1.82) is 0 Å². The number of nitrogens with zero attached hydrogens (tertiary/aromatic N) is 1. The van der Waals surface area contributed by atoms with Gasteiger partial charge in [0.1, 0.15) is 0 Å². The number of nitrogens with two attached hydrogens (primary N) is 1. The first-order valence-electron chi connectivity index (χ1n) is 8.53. The average Bonchev–Trinajstić information content (AvgIpc) is 2.91. The van der Waals surface area contributed by atoms with E-state index in [0.29, 0.717) is 0 Å². The van der Waals surface area contributed by atoms with E-state index >= 15 is 0 Å². The van der Waals surface area contributed by atoms with Crippen molar-refractivity contribution in [2.75, 3.05) is 19.6 Å². The molecule has 6 heteroatoms. The van der Waals surface area contributed by atoms with Crippen LogP contribution in [0, 0.1) is 0 Å². The van der Waals surface area contributed by atoms with Gasteiger partial charge in [-0.15, -0.1) is 24.8 Å². The van der Waals surface area contributed by atoms with Crippen molar-refractivity contribution in [2.45, 2.75) is 56.1 Å². The van der Waals surface area contributed by atoms with E-state index in [1.807, 2.05) is 18.2 Å². The molecule has 3 N–H and O–H groups in total. The third-order valence-corrected chi connectivity index (χ3v) is 5.60. The molecular formula is C18H29Cl3N2O. The summed E-state index contributed by atoms with van der Waals surface area (Å²) in [4.78, 5) is 2.41. The fraction of sp³-hybridized carbons (Fsp3) is 0.667. The van der Waals surface area contributed by atoms with Gasteiger partial charge in [0.15, 0.2) is 0 Å². The van der Waals surface area contributed by atoms with Crippen LogP contribution in [-0.2, 0) is 0 Å². The summed E-state index contributed by atoms with van der Waals surface area (Å²) in [6.45, 7) is 2.85. The van der Waals surface area contributed by atoms with E-state index in [1.165, 1.54) is 6.42 Å². The Bertz CT molecular complexity index is 509. The minimum atomic E-state index is -0.602. The molecule has 1 aromatic carbocycles. The van der Waals surface area contributed by atoms with Crippen LogP contribution in [0.5, 0.6) is 0 Å². The summed E-state index contributed by atoms with van der Waals surface area (Å²) in [5, 5.41) is 12.1. The molecule has 1 aliphatic heterocycles. The zero-order valence-electron chi connectivity index (χ0n) is 14.0. The van der Waals surface area contributed by atoms with Gasteiger partial charge < -0.3 is 15.7 Å². The van der Waals surface area contributed by atoms with Crippen LogP contribution in [0.4, 0.5) is 0 Å². The number of aliphatic hydroxyl groups is 1. The van der Waals surface area contributed by atoms with Gasteiger partial charge >= 0.3 is 0 Å². The largest absolute Gasteiger partial charge is 0.389 e. The van der Waals surface area contributed by atoms with Gasteiger partial charge in [0.25, 0.3) is 0 Å². The Hall–Kier alpha value is -0.0300. The minimum Gasteiger partial charge on any atom is -0.389 e. The molecule has 3 nitrogen and oxygen atoms in total. The number of benzene rings is 1. The maximum Gasteiger partial charge on any atom is 0.0728 e. The maximum atomic E-state index is 11.3. The number of hydrogen-bond donors (Lipinski definition) is 2. The second kappa shape index (κ2) is 9.61. The molecule has 1 aliphatic carbocycles. The van der Waals surface area contributed by atoms with Crippen LogP contribution in [0.15, 0.2) is 24.3 Å². The van der Waals surface area contributed by atoms with Crippen molar-refractivity contribution < 1.29 is 5.11 Å². The SMILES string of the molecule is Cl.Cl.N[C@H]1CCN(C[C@H](c2cccc(Cl)c2)C2(O)CCCCC2)C1. The van der Waals surface area contributed by atoms with Gasteiger partial charge in [-0.1, -0.05) is 43.0 Å². The van der Waals surface area contributed by atoms with E-state index in [2.05, 4.69) is 11.0 Å². The highest BCUT2D eigenvalue weighted by Gasteiger charge is 2.40. The van der Waals surface area contributed by atoms with E-state index in [9.17, 15) is 5.11 Å². The molecule has 2 atom stereocenters. The quantitative estimate of drug-likeness (QED) is 0.810. The van der Waals surface area contributed by atoms with Crippen molar-refractivity contribution in [3.63, 3.8) is 0 Å². The van der Waals surface area contributed by atoms with Gasteiger partial charge in [0.2, 0.25) is 0 Å². The number of halogens is 3. The first-order valence-corrected chi connectivity index (χ1v) is 8.90. The predicted molar refractivity (Wildman–Crippen MR) is 106 cm³/mol. The number of hydrogen-bond acceptors (Lipinski definition) is 3. The highest BCUT2D eigenvalue weighted by molar-refractivity contribution is 6.30. The second-order valence-corrected chi connectivity index (χ2v) is 7.52. The lowest BCUT2D eigenvalue weighted by Crippen LogP contribution is -2.44. The molecular weight excluding hydrogens is 367 g/mol. The third-order valence-electron chi connectivity index (χ3n) is 5.37. The molecule has 3 rings (SSSR count). The summed E-state index contributed by atoms with van der Waals surface area (Å²) in [5.74, 6) is 0.122.